The number of rotatable bonds is 4. The number of aromatic nitrogens is 1. The zero-order valence-corrected chi connectivity index (χ0v) is 16.7. The fraction of sp³-hybridized carbons (Fsp3) is 0.120. The van der Waals surface area contributed by atoms with Crippen molar-refractivity contribution in [3.8, 4) is 11.5 Å². The Hall–Kier alpha value is -3.77. The Kier molecular flexibility index (Phi) is 4.45. The maximum absolute atomic E-state index is 13.9. The molecule has 154 valence electrons. The number of hydrogen-bond donors (Lipinski definition) is 1. The molecule has 1 atom stereocenters. The molecule has 1 unspecified atom stereocenters. The lowest BCUT2D eigenvalue weighted by molar-refractivity contribution is -0.132. The van der Waals surface area contributed by atoms with Gasteiger partial charge in [-0.25, -0.2) is 9.37 Å². The van der Waals surface area contributed by atoms with Crippen LogP contribution in [0.3, 0.4) is 0 Å². The van der Waals surface area contributed by atoms with Crippen molar-refractivity contribution in [3.05, 3.63) is 107 Å². The van der Waals surface area contributed by atoms with E-state index in [9.17, 15) is 14.3 Å². The molecule has 0 spiro atoms. The summed E-state index contributed by atoms with van der Waals surface area (Å²) < 4.78 is 19.7. The first-order chi connectivity index (χ1) is 15.0. The molecule has 0 saturated carbocycles. The van der Waals surface area contributed by atoms with E-state index >= 15 is 0 Å². The molecule has 2 heterocycles. The molecule has 0 radical (unpaired) electrons. The van der Waals surface area contributed by atoms with E-state index in [1.54, 1.807) is 37.3 Å². The number of para-hydroxylation sites is 1. The molecule has 0 saturated heterocycles. The molecule has 1 N–H and O–H groups in total. The van der Waals surface area contributed by atoms with Crippen molar-refractivity contribution in [3.63, 3.8) is 0 Å². The van der Waals surface area contributed by atoms with Gasteiger partial charge in [-0.15, -0.1) is 0 Å². The van der Waals surface area contributed by atoms with Crippen molar-refractivity contribution in [1.82, 2.24) is 4.98 Å². The first kappa shape index (κ1) is 19.2. The number of nitrogens with zero attached hydrogens (tertiary/aromatic N) is 2. The highest BCUT2D eigenvalue weighted by atomic mass is 19.1. The summed E-state index contributed by atoms with van der Waals surface area (Å²) in [4.78, 5) is 19.5. The number of fused-ring (bicyclic) bond motifs is 1. The summed E-state index contributed by atoms with van der Waals surface area (Å²) in [5.74, 6) is -0.0174. The summed E-state index contributed by atoms with van der Waals surface area (Å²) >= 11 is 0. The molecule has 4 aromatic rings. The highest BCUT2D eigenvalue weighted by Crippen LogP contribution is 2.45. The lowest BCUT2D eigenvalue weighted by atomic mass is 9.87. The third-order valence-electron chi connectivity index (χ3n) is 5.60. The quantitative estimate of drug-likeness (QED) is 0.531. The number of anilines is 1. The van der Waals surface area contributed by atoms with Crippen LogP contribution in [0.15, 0.2) is 83.3 Å². The summed E-state index contributed by atoms with van der Waals surface area (Å²) in [5.41, 5.74) is 0.609. The first-order valence-electron chi connectivity index (χ1n) is 9.90. The van der Waals surface area contributed by atoms with Gasteiger partial charge in [-0.2, -0.15) is 0 Å². The molecule has 0 aliphatic carbocycles. The van der Waals surface area contributed by atoms with Gasteiger partial charge < -0.3 is 14.4 Å². The molecule has 0 bridgehead atoms. The Balaban J connectivity index is 1.56. The van der Waals surface area contributed by atoms with Gasteiger partial charge >= 0.3 is 0 Å². The van der Waals surface area contributed by atoms with Crippen LogP contribution in [-0.2, 0) is 16.9 Å². The van der Waals surface area contributed by atoms with E-state index in [0.29, 0.717) is 28.6 Å². The van der Waals surface area contributed by atoms with Crippen molar-refractivity contribution in [2.75, 3.05) is 4.90 Å². The van der Waals surface area contributed by atoms with Crippen LogP contribution in [0.1, 0.15) is 22.6 Å². The van der Waals surface area contributed by atoms with Gasteiger partial charge in [-0.1, -0.05) is 48.5 Å². The second kappa shape index (κ2) is 7.18. The highest BCUT2D eigenvalue weighted by Gasteiger charge is 2.51. The molecule has 3 aromatic carbocycles. The van der Waals surface area contributed by atoms with E-state index in [1.165, 1.54) is 23.1 Å². The number of aliphatic hydroxyl groups is 1. The molecule has 5 rings (SSSR count). The van der Waals surface area contributed by atoms with Crippen LogP contribution < -0.4 is 4.90 Å². The number of carbonyl (C=O) groups excluding carboxylic acids is 1. The predicted molar refractivity (Wildman–Crippen MR) is 114 cm³/mol. The number of benzene rings is 3. The van der Waals surface area contributed by atoms with Crippen LogP contribution in [0.2, 0.25) is 0 Å². The van der Waals surface area contributed by atoms with Gasteiger partial charge in [0.25, 0.3) is 5.91 Å². The second-order valence-electron chi connectivity index (χ2n) is 7.52. The summed E-state index contributed by atoms with van der Waals surface area (Å²) in [6.07, 6.45) is 0. The monoisotopic (exact) mass is 414 g/mol. The Labute approximate surface area is 178 Å². The zero-order chi connectivity index (χ0) is 21.6. The average molecular weight is 414 g/mol. The highest BCUT2D eigenvalue weighted by molar-refractivity contribution is 6.09. The first-order valence-corrected chi connectivity index (χ1v) is 9.90. The van der Waals surface area contributed by atoms with Crippen LogP contribution in [0.25, 0.3) is 11.5 Å². The Morgan fingerprint density at radius 1 is 1.03 bits per heavy atom. The Morgan fingerprint density at radius 3 is 2.55 bits per heavy atom. The van der Waals surface area contributed by atoms with Crippen molar-refractivity contribution >= 4 is 11.6 Å². The van der Waals surface area contributed by atoms with Crippen LogP contribution in [0.4, 0.5) is 10.1 Å². The van der Waals surface area contributed by atoms with Gasteiger partial charge in [0.1, 0.15) is 17.3 Å². The SMILES string of the molecule is Cc1oc(-c2ccccc2)nc1CN1C(=O)C(O)(c2cccc(F)c2)c2ccccc21. The van der Waals surface area contributed by atoms with E-state index in [-0.39, 0.29) is 12.1 Å². The predicted octanol–water partition coefficient (Wildman–Crippen LogP) is 4.57. The van der Waals surface area contributed by atoms with E-state index in [4.69, 9.17) is 4.42 Å². The minimum absolute atomic E-state index is 0.121. The number of aryl methyl sites for hydroxylation is 1. The largest absolute Gasteiger partial charge is 0.441 e. The molecule has 1 aromatic heterocycles. The van der Waals surface area contributed by atoms with E-state index in [2.05, 4.69) is 4.98 Å². The van der Waals surface area contributed by atoms with Crippen molar-refractivity contribution < 1.29 is 18.7 Å². The normalized spacial score (nSPS) is 17.8. The molecular weight excluding hydrogens is 395 g/mol. The average Bonchev–Trinajstić information content (AvgIpc) is 3.26. The van der Waals surface area contributed by atoms with Crippen LogP contribution in [0, 0.1) is 12.7 Å². The third-order valence-corrected chi connectivity index (χ3v) is 5.60. The summed E-state index contributed by atoms with van der Waals surface area (Å²) in [7, 11) is 0. The Morgan fingerprint density at radius 2 is 1.77 bits per heavy atom. The summed E-state index contributed by atoms with van der Waals surface area (Å²) in [6.45, 7) is 1.91. The molecule has 6 heteroatoms. The van der Waals surface area contributed by atoms with Gasteiger partial charge in [0.05, 0.1) is 12.2 Å². The van der Waals surface area contributed by atoms with Crippen molar-refractivity contribution in [2.45, 2.75) is 19.1 Å². The van der Waals surface area contributed by atoms with Crippen LogP contribution in [0.5, 0.6) is 0 Å². The van der Waals surface area contributed by atoms with Gasteiger partial charge in [-0.05, 0) is 37.3 Å². The lowest BCUT2D eigenvalue weighted by Crippen LogP contribution is -2.41. The van der Waals surface area contributed by atoms with Crippen LogP contribution in [-0.4, -0.2) is 16.0 Å². The summed E-state index contributed by atoms with van der Waals surface area (Å²) in [5, 5.41) is 11.5. The van der Waals surface area contributed by atoms with E-state index in [0.717, 1.165) is 5.56 Å². The topological polar surface area (TPSA) is 66.6 Å². The van der Waals surface area contributed by atoms with Gasteiger partial charge in [0.15, 0.2) is 5.60 Å². The maximum atomic E-state index is 13.9. The minimum atomic E-state index is -1.97. The smallest absolute Gasteiger partial charge is 0.268 e. The molecular formula is C25H19FN2O3. The zero-order valence-electron chi connectivity index (χ0n) is 16.7. The fourth-order valence-electron chi connectivity index (χ4n) is 4.01. The van der Waals surface area contributed by atoms with Crippen LogP contribution >= 0.6 is 0 Å². The van der Waals surface area contributed by atoms with Crippen molar-refractivity contribution in [2.24, 2.45) is 0 Å². The maximum Gasteiger partial charge on any atom is 0.268 e. The molecule has 1 amide bonds. The molecule has 1 aliphatic heterocycles. The number of halogens is 1. The lowest BCUT2D eigenvalue weighted by Gasteiger charge is -2.23. The van der Waals surface area contributed by atoms with Gasteiger partial charge in [0, 0.05) is 16.7 Å². The summed E-state index contributed by atoms with van der Waals surface area (Å²) in [6, 6.07) is 22.0. The third kappa shape index (κ3) is 3.04. The van der Waals surface area contributed by atoms with E-state index < -0.39 is 17.3 Å². The second-order valence-corrected chi connectivity index (χ2v) is 7.52. The number of amides is 1. The fourth-order valence-corrected chi connectivity index (χ4v) is 4.01. The molecule has 0 fully saturated rings. The minimum Gasteiger partial charge on any atom is -0.441 e. The van der Waals surface area contributed by atoms with Crippen molar-refractivity contribution in [1.29, 1.82) is 0 Å². The van der Waals surface area contributed by atoms with E-state index in [1.807, 2.05) is 30.3 Å². The molecule has 1 aliphatic rings. The molecule has 5 nitrogen and oxygen atoms in total. The number of hydrogen-bond acceptors (Lipinski definition) is 4. The van der Waals surface area contributed by atoms with Gasteiger partial charge in [-0.3, -0.25) is 4.79 Å². The van der Waals surface area contributed by atoms with Gasteiger partial charge in [0.2, 0.25) is 5.89 Å². The standard InChI is InChI=1S/C25H19FN2O3/c1-16-21(27-23(31-16)17-8-3-2-4-9-17)15-28-22-13-6-5-12-20(22)25(30,24(28)29)18-10-7-11-19(26)14-18/h2-14,30H,15H2,1H3. The number of carbonyl (C=O) groups is 1. The number of oxazole rings is 1. The molecule has 31 heavy (non-hydrogen) atoms. The Bertz CT molecular complexity index is 1280.